The minimum Gasteiger partial charge on any atom is -0.493 e. The van der Waals surface area contributed by atoms with Crippen LogP contribution in [0.15, 0.2) is 48.7 Å². The molecule has 2 aliphatic rings. The van der Waals surface area contributed by atoms with E-state index >= 15 is 0 Å². The normalized spacial score (nSPS) is 24.0. The molecule has 5 heteroatoms. The average Bonchev–Trinajstić information content (AvgIpc) is 2.68. The van der Waals surface area contributed by atoms with Gasteiger partial charge in [0.05, 0.1) is 6.61 Å². The lowest BCUT2D eigenvalue weighted by Crippen LogP contribution is -2.57. The number of halogens is 1. The molecule has 2 atom stereocenters. The quantitative estimate of drug-likeness (QED) is 0.854. The van der Waals surface area contributed by atoms with Gasteiger partial charge >= 0.3 is 0 Å². The molecule has 4 rings (SSSR count). The van der Waals surface area contributed by atoms with Crippen molar-refractivity contribution in [1.29, 1.82) is 0 Å². The molecule has 2 fully saturated rings. The minimum atomic E-state index is -0.223. The average molecular weight is 341 g/mol. The van der Waals surface area contributed by atoms with Crippen molar-refractivity contribution in [2.75, 3.05) is 37.7 Å². The van der Waals surface area contributed by atoms with E-state index in [1.54, 1.807) is 12.1 Å². The number of piperazine rings is 1. The molecule has 0 aliphatic carbocycles. The van der Waals surface area contributed by atoms with Gasteiger partial charge in [0.25, 0.3) is 0 Å². The Hall–Kier alpha value is -2.14. The maximum Gasteiger partial charge on any atom is 0.128 e. The molecule has 2 aromatic rings. The van der Waals surface area contributed by atoms with Crippen molar-refractivity contribution in [2.45, 2.75) is 18.9 Å². The van der Waals surface area contributed by atoms with Crippen LogP contribution in [0.2, 0.25) is 0 Å². The van der Waals surface area contributed by atoms with Crippen LogP contribution in [-0.4, -0.2) is 48.7 Å². The summed E-state index contributed by atoms with van der Waals surface area (Å²) in [6.45, 7) is 4.95. The van der Waals surface area contributed by atoms with Crippen LogP contribution in [0.1, 0.15) is 12.8 Å². The predicted octanol–water partition coefficient (Wildman–Crippen LogP) is 3.20. The Morgan fingerprint density at radius 1 is 1.04 bits per heavy atom. The number of benzene rings is 1. The van der Waals surface area contributed by atoms with Crippen LogP contribution in [0.5, 0.6) is 5.75 Å². The van der Waals surface area contributed by atoms with Crippen LogP contribution >= 0.6 is 0 Å². The highest BCUT2D eigenvalue weighted by molar-refractivity contribution is 5.38. The van der Waals surface area contributed by atoms with Gasteiger partial charge in [0.15, 0.2) is 0 Å². The van der Waals surface area contributed by atoms with Crippen molar-refractivity contribution < 1.29 is 9.13 Å². The van der Waals surface area contributed by atoms with Crippen molar-refractivity contribution >= 4 is 5.82 Å². The second kappa shape index (κ2) is 7.40. The molecule has 0 saturated carbocycles. The van der Waals surface area contributed by atoms with Crippen molar-refractivity contribution in [1.82, 2.24) is 9.88 Å². The third kappa shape index (κ3) is 3.93. The van der Waals surface area contributed by atoms with Crippen molar-refractivity contribution in [3.8, 4) is 5.75 Å². The molecule has 0 bridgehead atoms. The minimum absolute atomic E-state index is 0.223. The summed E-state index contributed by atoms with van der Waals surface area (Å²) in [5.74, 6) is 2.16. The molecule has 1 aromatic heterocycles. The summed E-state index contributed by atoms with van der Waals surface area (Å²) >= 11 is 0. The van der Waals surface area contributed by atoms with Crippen LogP contribution in [0, 0.1) is 11.7 Å². The Morgan fingerprint density at radius 2 is 1.92 bits per heavy atom. The molecule has 0 N–H and O–H groups in total. The first kappa shape index (κ1) is 16.3. The molecule has 2 aliphatic heterocycles. The SMILES string of the molecule is Fc1ccc(OCC2CCC3CN(c4ccccn4)CCN3C2)cc1. The van der Waals surface area contributed by atoms with Crippen LogP contribution in [0.25, 0.3) is 0 Å². The fraction of sp³-hybridized carbons (Fsp3) is 0.450. The molecular formula is C20H24FN3O. The molecule has 0 amide bonds. The summed E-state index contributed by atoms with van der Waals surface area (Å²) in [7, 11) is 0. The molecule has 2 saturated heterocycles. The highest BCUT2D eigenvalue weighted by Crippen LogP contribution is 2.27. The molecule has 0 spiro atoms. The van der Waals surface area contributed by atoms with Gasteiger partial charge < -0.3 is 9.64 Å². The van der Waals surface area contributed by atoms with Gasteiger partial charge in [-0.25, -0.2) is 9.37 Å². The van der Waals surface area contributed by atoms with Gasteiger partial charge in [0.1, 0.15) is 17.4 Å². The molecule has 132 valence electrons. The highest BCUT2D eigenvalue weighted by Gasteiger charge is 2.33. The number of pyridine rings is 1. The van der Waals surface area contributed by atoms with E-state index in [1.807, 2.05) is 12.3 Å². The molecule has 3 heterocycles. The highest BCUT2D eigenvalue weighted by atomic mass is 19.1. The van der Waals surface area contributed by atoms with Crippen LogP contribution in [-0.2, 0) is 0 Å². The Morgan fingerprint density at radius 3 is 2.72 bits per heavy atom. The third-order valence-corrected chi connectivity index (χ3v) is 5.28. The number of fused-ring (bicyclic) bond motifs is 1. The number of ether oxygens (including phenoxy) is 1. The zero-order chi connectivity index (χ0) is 17.1. The van der Waals surface area contributed by atoms with E-state index in [9.17, 15) is 4.39 Å². The maximum absolute atomic E-state index is 13.0. The number of anilines is 1. The standard InChI is InChI=1S/C20H24FN3O/c21-17-5-8-19(9-6-17)25-15-16-4-7-18-14-24(12-11-23(18)13-16)20-3-1-2-10-22-20/h1-3,5-6,8-10,16,18H,4,7,11-15H2. The monoisotopic (exact) mass is 341 g/mol. The van der Waals surface area contributed by atoms with Crippen LogP contribution in [0.3, 0.4) is 0 Å². The van der Waals surface area contributed by atoms with E-state index < -0.39 is 0 Å². The predicted molar refractivity (Wildman–Crippen MR) is 96.4 cm³/mol. The Labute approximate surface area is 148 Å². The van der Waals surface area contributed by atoms with Gasteiger partial charge in [-0.3, -0.25) is 4.90 Å². The van der Waals surface area contributed by atoms with Crippen molar-refractivity contribution in [3.05, 3.63) is 54.5 Å². The lowest BCUT2D eigenvalue weighted by molar-refractivity contribution is 0.0727. The fourth-order valence-corrected chi connectivity index (χ4v) is 3.89. The fourth-order valence-electron chi connectivity index (χ4n) is 3.89. The van der Waals surface area contributed by atoms with E-state index in [4.69, 9.17) is 4.74 Å². The third-order valence-electron chi connectivity index (χ3n) is 5.28. The number of rotatable bonds is 4. The van der Waals surface area contributed by atoms with Crippen LogP contribution in [0.4, 0.5) is 10.2 Å². The summed E-state index contributed by atoms with van der Waals surface area (Å²) in [5.41, 5.74) is 0. The van der Waals surface area contributed by atoms with E-state index in [0.717, 1.165) is 37.7 Å². The molecule has 4 nitrogen and oxygen atoms in total. The Kier molecular flexibility index (Phi) is 4.83. The largest absolute Gasteiger partial charge is 0.493 e. The zero-order valence-corrected chi connectivity index (χ0v) is 14.4. The van der Waals surface area contributed by atoms with E-state index in [-0.39, 0.29) is 5.82 Å². The van der Waals surface area contributed by atoms with Crippen LogP contribution < -0.4 is 9.64 Å². The van der Waals surface area contributed by atoms with Crippen molar-refractivity contribution in [2.24, 2.45) is 5.92 Å². The molecule has 2 unspecified atom stereocenters. The second-order valence-electron chi connectivity index (χ2n) is 6.99. The summed E-state index contributed by atoms with van der Waals surface area (Å²) in [6, 6.07) is 13.0. The smallest absolute Gasteiger partial charge is 0.128 e. The molecular weight excluding hydrogens is 317 g/mol. The van der Waals surface area contributed by atoms with Gasteiger partial charge in [-0.1, -0.05) is 6.07 Å². The number of nitrogens with zero attached hydrogens (tertiary/aromatic N) is 3. The summed E-state index contributed by atoms with van der Waals surface area (Å²) in [4.78, 5) is 9.48. The first-order chi connectivity index (χ1) is 12.3. The summed E-state index contributed by atoms with van der Waals surface area (Å²) in [5, 5.41) is 0. The Balaban J connectivity index is 1.29. The summed E-state index contributed by atoms with van der Waals surface area (Å²) in [6.07, 6.45) is 4.24. The van der Waals surface area contributed by atoms with E-state index in [1.165, 1.54) is 25.0 Å². The number of hydrogen-bond acceptors (Lipinski definition) is 4. The van der Waals surface area contributed by atoms with E-state index in [0.29, 0.717) is 18.6 Å². The summed E-state index contributed by atoms with van der Waals surface area (Å²) < 4.78 is 18.8. The lowest BCUT2D eigenvalue weighted by atomic mass is 9.91. The zero-order valence-electron chi connectivity index (χ0n) is 14.4. The Bertz CT molecular complexity index is 679. The molecule has 25 heavy (non-hydrogen) atoms. The first-order valence-electron chi connectivity index (χ1n) is 9.06. The molecule has 1 aromatic carbocycles. The van der Waals surface area contributed by atoms with Gasteiger partial charge in [-0.05, 0) is 49.2 Å². The topological polar surface area (TPSA) is 28.6 Å². The first-order valence-corrected chi connectivity index (χ1v) is 9.06. The van der Waals surface area contributed by atoms with Gasteiger partial charge in [0, 0.05) is 44.3 Å². The van der Waals surface area contributed by atoms with Gasteiger partial charge in [0.2, 0.25) is 0 Å². The number of aromatic nitrogens is 1. The number of hydrogen-bond donors (Lipinski definition) is 0. The van der Waals surface area contributed by atoms with Gasteiger partial charge in [-0.2, -0.15) is 0 Å². The lowest BCUT2D eigenvalue weighted by Gasteiger charge is -2.46. The van der Waals surface area contributed by atoms with Gasteiger partial charge in [-0.15, -0.1) is 0 Å². The second-order valence-corrected chi connectivity index (χ2v) is 6.99. The maximum atomic E-state index is 13.0. The van der Waals surface area contributed by atoms with Crippen molar-refractivity contribution in [3.63, 3.8) is 0 Å². The van der Waals surface area contributed by atoms with E-state index in [2.05, 4.69) is 26.9 Å². The molecule has 0 radical (unpaired) electrons. The number of piperidine rings is 1.